The number of hydrogen-bond donors (Lipinski definition) is 0. The molecule has 0 amide bonds. The minimum absolute atomic E-state index is 1.09. The minimum Gasteiger partial charge on any atom is -0.310 e. The summed E-state index contributed by atoms with van der Waals surface area (Å²) in [6.07, 6.45) is 0. The summed E-state index contributed by atoms with van der Waals surface area (Å²) in [7, 11) is 0. The van der Waals surface area contributed by atoms with Gasteiger partial charge in [0.05, 0.1) is 16.7 Å². The van der Waals surface area contributed by atoms with E-state index in [4.69, 9.17) is 0 Å². The molecule has 2 heterocycles. The summed E-state index contributed by atoms with van der Waals surface area (Å²) in [6, 6.07) is 84.8. The molecule has 0 fully saturated rings. The smallest absolute Gasteiger partial charge is 0.0541 e. The Morgan fingerprint density at radius 2 is 0.746 bits per heavy atom. The molecule has 0 unspecified atom stereocenters. The lowest BCUT2D eigenvalue weighted by atomic mass is 9.94. The maximum absolute atomic E-state index is 2.42. The molecule has 0 saturated heterocycles. The van der Waals surface area contributed by atoms with Crippen LogP contribution in [0, 0.1) is 0 Å². The summed E-state index contributed by atoms with van der Waals surface area (Å²) in [5, 5.41) is 12.8. The second kappa shape index (κ2) is 14.3. The summed E-state index contributed by atoms with van der Waals surface area (Å²) >= 11 is 1.86. The van der Waals surface area contributed by atoms with Gasteiger partial charge in [-0.2, -0.15) is 0 Å². The molecule has 0 N–H and O–H groups in total. The van der Waals surface area contributed by atoms with E-state index in [0.29, 0.717) is 0 Å². The Kier molecular flexibility index (Phi) is 8.12. The Morgan fingerprint density at radius 1 is 0.286 bits per heavy atom. The highest BCUT2D eigenvalue weighted by atomic mass is 32.1. The van der Waals surface area contributed by atoms with Crippen molar-refractivity contribution in [3.8, 4) is 27.9 Å². The van der Waals surface area contributed by atoms with E-state index in [9.17, 15) is 0 Å². The number of nitrogens with zero attached hydrogens (tertiary/aromatic N) is 2. The Balaban J connectivity index is 0.958. The number of fused-ring (bicyclic) bond motifs is 12. The Hall–Kier alpha value is -7.98. The summed E-state index contributed by atoms with van der Waals surface area (Å²) in [4.78, 5) is 2.41. The van der Waals surface area contributed by atoms with Gasteiger partial charge in [0.2, 0.25) is 0 Å². The first-order chi connectivity index (χ1) is 31.2. The van der Waals surface area contributed by atoms with Gasteiger partial charge < -0.3 is 9.47 Å². The summed E-state index contributed by atoms with van der Waals surface area (Å²) in [5.74, 6) is 0. The fourth-order valence-corrected chi connectivity index (χ4v) is 11.2. The van der Waals surface area contributed by atoms with Crippen LogP contribution in [0.5, 0.6) is 0 Å². The van der Waals surface area contributed by atoms with Crippen LogP contribution in [0.3, 0.4) is 0 Å². The van der Waals surface area contributed by atoms with E-state index in [-0.39, 0.29) is 0 Å². The number of thiophene rings is 1. The van der Waals surface area contributed by atoms with Crippen LogP contribution < -0.4 is 4.90 Å². The molecule has 3 heteroatoms. The third-order valence-electron chi connectivity index (χ3n) is 13.0. The Bertz CT molecular complexity index is 3820. The largest absolute Gasteiger partial charge is 0.310 e. The molecule has 0 bridgehead atoms. The molecule has 0 spiro atoms. The maximum Gasteiger partial charge on any atom is 0.0541 e. The van der Waals surface area contributed by atoms with Gasteiger partial charge in [0, 0.05) is 53.6 Å². The minimum atomic E-state index is 1.09. The molecule has 11 aromatic carbocycles. The van der Waals surface area contributed by atoms with Crippen molar-refractivity contribution in [2.45, 2.75) is 0 Å². The summed E-state index contributed by atoms with van der Waals surface area (Å²) < 4.78 is 5.07. The molecule has 63 heavy (non-hydrogen) atoms. The fourth-order valence-electron chi connectivity index (χ4n) is 10.1. The number of hydrogen-bond acceptors (Lipinski definition) is 2. The van der Waals surface area contributed by atoms with Crippen LogP contribution in [0.25, 0.3) is 102 Å². The van der Waals surface area contributed by atoms with E-state index in [1.807, 2.05) is 11.3 Å². The average Bonchev–Trinajstić information content (AvgIpc) is 3.90. The second-order valence-electron chi connectivity index (χ2n) is 16.4. The molecule has 2 nitrogen and oxygen atoms in total. The van der Waals surface area contributed by atoms with E-state index >= 15 is 0 Å². The molecule has 294 valence electrons. The zero-order valence-corrected chi connectivity index (χ0v) is 35.1. The normalized spacial score (nSPS) is 11.8. The first-order valence-corrected chi connectivity index (χ1v) is 22.4. The zero-order chi connectivity index (χ0) is 41.4. The van der Waals surface area contributed by atoms with Crippen LogP contribution in [-0.4, -0.2) is 4.57 Å². The molecule has 13 aromatic rings. The van der Waals surface area contributed by atoms with Crippen molar-refractivity contribution in [3.05, 3.63) is 231 Å². The predicted molar refractivity (Wildman–Crippen MR) is 272 cm³/mol. The molecule has 0 aliphatic heterocycles. The molecular formula is C60H38N2S. The summed E-state index contributed by atoms with van der Waals surface area (Å²) in [6.45, 7) is 0. The van der Waals surface area contributed by atoms with Crippen molar-refractivity contribution in [2.75, 3.05) is 4.90 Å². The quantitative estimate of drug-likeness (QED) is 0.152. The Morgan fingerprint density at radius 3 is 1.40 bits per heavy atom. The molecule has 0 saturated carbocycles. The second-order valence-corrected chi connectivity index (χ2v) is 17.5. The van der Waals surface area contributed by atoms with Crippen molar-refractivity contribution < 1.29 is 0 Å². The standard InChI is InChI=1S/C60H38N2S/c1-2-16-48-46(14-1)47-15-3-4-17-49(47)54-38-44(34-35-50(48)54)61(42-30-25-39(26-31-42)41-29-36-60-55(37-41)53-20-8-12-24-59(53)63-60)43-32-27-40(28-33-43)45-13-5-9-21-56(45)62-57-22-10-6-18-51(57)52-19-7-11-23-58(52)62/h1-38H. The van der Waals surface area contributed by atoms with Crippen molar-refractivity contribution in [2.24, 2.45) is 0 Å². The van der Waals surface area contributed by atoms with Gasteiger partial charge in [0.1, 0.15) is 0 Å². The average molecular weight is 819 g/mol. The lowest BCUT2D eigenvalue weighted by Crippen LogP contribution is -2.10. The maximum atomic E-state index is 2.42. The van der Waals surface area contributed by atoms with Gasteiger partial charge in [0.15, 0.2) is 0 Å². The van der Waals surface area contributed by atoms with Crippen LogP contribution in [0.15, 0.2) is 231 Å². The van der Waals surface area contributed by atoms with Crippen LogP contribution in [0.4, 0.5) is 17.1 Å². The number of rotatable bonds is 6. The molecule has 0 radical (unpaired) electrons. The SMILES string of the molecule is c1ccc(-n2c3ccccc3c3ccccc32)c(-c2ccc(N(c3ccc(-c4ccc5sc6ccccc6c5c4)cc3)c3ccc4c5ccccc5c5ccccc5c4c3)cc2)c1. The van der Waals surface area contributed by atoms with E-state index in [1.54, 1.807) is 0 Å². The van der Waals surface area contributed by atoms with Crippen molar-refractivity contribution in [1.29, 1.82) is 0 Å². The number of benzene rings is 11. The van der Waals surface area contributed by atoms with Crippen LogP contribution in [0.1, 0.15) is 0 Å². The lowest BCUT2D eigenvalue weighted by Gasteiger charge is -2.27. The van der Waals surface area contributed by atoms with Crippen LogP contribution >= 0.6 is 11.3 Å². The molecule has 0 aliphatic carbocycles. The number of anilines is 3. The fraction of sp³-hybridized carbons (Fsp3) is 0. The van der Waals surface area contributed by atoms with Gasteiger partial charge in [-0.25, -0.2) is 0 Å². The van der Waals surface area contributed by atoms with Gasteiger partial charge in [-0.1, -0.05) is 158 Å². The third-order valence-corrected chi connectivity index (χ3v) is 14.1. The third kappa shape index (κ3) is 5.71. The molecular weight excluding hydrogens is 781 g/mol. The highest BCUT2D eigenvalue weighted by Crippen LogP contribution is 2.43. The summed E-state index contributed by atoms with van der Waals surface area (Å²) in [5.41, 5.74) is 11.7. The molecule has 0 aliphatic rings. The van der Waals surface area contributed by atoms with Gasteiger partial charge in [-0.15, -0.1) is 11.3 Å². The first-order valence-electron chi connectivity index (χ1n) is 21.6. The van der Waals surface area contributed by atoms with E-state index in [1.165, 1.54) is 96.5 Å². The molecule has 0 atom stereocenters. The Labute approximate surface area is 368 Å². The van der Waals surface area contributed by atoms with E-state index in [2.05, 4.69) is 240 Å². The highest BCUT2D eigenvalue weighted by Gasteiger charge is 2.19. The predicted octanol–water partition coefficient (Wildman–Crippen LogP) is 17.4. The van der Waals surface area contributed by atoms with Crippen molar-refractivity contribution >= 4 is 103 Å². The van der Waals surface area contributed by atoms with Crippen LogP contribution in [0.2, 0.25) is 0 Å². The highest BCUT2D eigenvalue weighted by molar-refractivity contribution is 7.25. The number of aromatic nitrogens is 1. The molecule has 13 rings (SSSR count). The zero-order valence-electron chi connectivity index (χ0n) is 34.2. The monoisotopic (exact) mass is 818 g/mol. The van der Waals surface area contributed by atoms with Gasteiger partial charge in [-0.05, 0) is 122 Å². The van der Waals surface area contributed by atoms with Gasteiger partial charge >= 0.3 is 0 Å². The van der Waals surface area contributed by atoms with Gasteiger partial charge in [0.25, 0.3) is 0 Å². The van der Waals surface area contributed by atoms with Crippen molar-refractivity contribution in [1.82, 2.24) is 4.57 Å². The van der Waals surface area contributed by atoms with E-state index < -0.39 is 0 Å². The lowest BCUT2D eigenvalue weighted by molar-refractivity contribution is 1.18. The van der Waals surface area contributed by atoms with E-state index in [0.717, 1.165) is 22.7 Å². The van der Waals surface area contributed by atoms with Crippen molar-refractivity contribution in [3.63, 3.8) is 0 Å². The van der Waals surface area contributed by atoms with Gasteiger partial charge in [-0.3, -0.25) is 0 Å². The topological polar surface area (TPSA) is 8.17 Å². The molecule has 2 aromatic heterocycles. The first kappa shape index (κ1) is 35.7. The van der Waals surface area contributed by atoms with Crippen LogP contribution in [-0.2, 0) is 0 Å². The number of para-hydroxylation sites is 3.